The van der Waals surface area contributed by atoms with E-state index in [1.165, 1.54) is 18.2 Å². The Morgan fingerprint density at radius 3 is 2.69 bits per heavy atom. The van der Waals surface area contributed by atoms with Crippen LogP contribution in [-0.2, 0) is 15.2 Å². The lowest BCUT2D eigenvalue weighted by molar-refractivity contribution is 0.428. The van der Waals surface area contributed by atoms with Crippen molar-refractivity contribution >= 4 is 26.9 Å². The summed E-state index contributed by atoms with van der Waals surface area (Å²) in [5.41, 5.74) is 0.459. The summed E-state index contributed by atoms with van der Waals surface area (Å²) in [5.74, 6) is -0.407. The lowest BCUT2D eigenvalue weighted by Crippen LogP contribution is -1.89. The molecule has 0 aliphatic carbocycles. The number of thiol groups is 1. The Labute approximate surface area is 84.8 Å². The van der Waals surface area contributed by atoms with Gasteiger partial charge in [0.1, 0.15) is 12.4 Å². The van der Waals surface area contributed by atoms with Crippen molar-refractivity contribution in [3.8, 4) is 0 Å². The van der Waals surface area contributed by atoms with Crippen LogP contribution in [0.1, 0.15) is 5.56 Å². The van der Waals surface area contributed by atoms with Crippen molar-refractivity contribution in [3.05, 3.63) is 40.7 Å². The summed E-state index contributed by atoms with van der Waals surface area (Å²) in [6.45, 7) is 1.02. The molecule has 0 unspecified atom stereocenters. The highest BCUT2D eigenvalue weighted by molar-refractivity contribution is 9.10. The van der Waals surface area contributed by atoms with E-state index >= 15 is 0 Å². The van der Waals surface area contributed by atoms with Crippen LogP contribution in [0.3, 0.4) is 0 Å². The molecule has 0 fully saturated rings. The summed E-state index contributed by atoms with van der Waals surface area (Å²) in [4.78, 5) is 0. The fourth-order valence-corrected chi connectivity index (χ4v) is 1.34. The van der Waals surface area contributed by atoms with Gasteiger partial charge in [0.2, 0.25) is 0 Å². The number of halogens is 2. The van der Waals surface area contributed by atoms with Crippen molar-refractivity contribution in [2.45, 2.75) is 0 Å². The highest BCUT2D eigenvalue weighted by atomic mass is 79.9. The summed E-state index contributed by atoms with van der Waals surface area (Å²) < 4.78 is 37.3. The Bertz CT molecular complexity index is 370. The summed E-state index contributed by atoms with van der Waals surface area (Å²) >= 11 is 3.05. The van der Waals surface area contributed by atoms with Gasteiger partial charge >= 0.3 is 0 Å². The predicted molar refractivity (Wildman–Crippen MR) is 48.9 cm³/mol. The van der Waals surface area contributed by atoms with Crippen molar-refractivity contribution in [2.24, 2.45) is 0 Å². The average Bonchev–Trinajstić information content (AvgIpc) is 2.02. The van der Waals surface area contributed by atoms with E-state index in [0.29, 0.717) is 10.0 Å². The third-order valence-corrected chi connectivity index (χ3v) is 2.19. The van der Waals surface area contributed by atoms with E-state index in [2.05, 4.69) is 20.1 Å². The number of rotatable bonds is 3. The number of benzene rings is 1. The van der Waals surface area contributed by atoms with Gasteiger partial charge in [-0.3, -0.25) is 4.18 Å². The second-order valence-corrected chi connectivity index (χ2v) is 3.63. The third-order valence-electron chi connectivity index (χ3n) is 1.23. The van der Waals surface area contributed by atoms with Crippen LogP contribution in [0, 0.1) is 12.4 Å². The van der Waals surface area contributed by atoms with Crippen LogP contribution in [0.2, 0.25) is 0 Å². The van der Waals surface area contributed by atoms with E-state index in [-0.39, 0.29) is 0 Å². The largest absolute Gasteiger partial charge is 0.261 e. The zero-order valence-corrected chi connectivity index (χ0v) is 8.72. The summed E-state index contributed by atoms with van der Waals surface area (Å²) in [6.07, 6.45) is 0. The van der Waals surface area contributed by atoms with Crippen molar-refractivity contribution in [3.63, 3.8) is 0 Å². The summed E-state index contributed by atoms with van der Waals surface area (Å²) in [7, 11) is -2.91. The molecule has 0 aromatic heterocycles. The summed E-state index contributed by atoms with van der Waals surface area (Å²) in [6, 6.07) is 3.82. The maximum Gasteiger partial charge on any atom is 0.257 e. The number of hydrogen-bond donors (Lipinski definition) is 1. The normalized spacial score (nSPS) is 10.7. The molecule has 0 spiro atoms. The van der Waals surface area contributed by atoms with E-state index in [9.17, 15) is 12.8 Å². The monoisotopic (exact) mass is 267 g/mol. The first kappa shape index (κ1) is 10.6. The third kappa shape index (κ3) is 3.41. The van der Waals surface area contributed by atoms with E-state index in [0.717, 1.165) is 6.61 Å². The maximum absolute atomic E-state index is 12.5. The van der Waals surface area contributed by atoms with Crippen molar-refractivity contribution in [2.75, 3.05) is 0 Å². The van der Waals surface area contributed by atoms with E-state index in [1.807, 2.05) is 0 Å². The molecule has 0 amide bonds. The van der Waals surface area contributed by atoms with Crippen molar-refractivity contribution in [1.82, 2.24) is 0 Å². The molecular formula is C7H5BrFO3S. The van der Waals surface area contributed by atoms with Gasteiger partial charge in [-0.15, -0.1) is 0 Å². The zero-order chi connectivity index (χ0) is 9.84. The Morgan fingerprint density at radius 2 is 2.15 bits per heavy atom. The minimum atomic E-state index is -2.91. The smallest absolute Gasteiger partial charge is 0.257 e. The first-order chi connectivity index (χ1) is 6.09. The molecule has 1 aromatic carbocycles. The highest BCUT2D eigenvalue weighted by Gasteiger charge is 2.02. The van der Waals surface area contributed by atoms with Gasteiger partial charge < -0.3 is 0 Å². The van der Waals surface area contributed by atoms with Crippen LogP contribution >= 0.6 is 15.9 Å². The maximum atomic E-state index is 12.5. The molecule has 0 bridgehead atoms. The molecule has 0 N–H and O–H groups in total. The van der Waals surface area contributed by atoms with E-state index in [4.69, 9.17) is 0 Å². The Kier molecular flexibility index (Phi) is 3.83. The van der Waals surface area contributed by atoms with Gasteiger partial charge in [-0.25, -0.2) is 12.8 Å². The Hall–Kier alpha value is -0.460. The van der Waals surface area contributed by atoms with E-state index in [1.54, 1.807) is 0 Å². The van der Waals surface area contributed by atoms with Gasteiger partial charge in [0.25, 0.3) is 11.0 Å². The Morgan fingerprint density at radius 1 is 1.46 bits per heavy atom. The van der Waals surface area contributed by atoms with Crippen LogP contribution in [-0.4, -0.2) is 8.42 Å². The lowest BCUT2D eigenvalue weighted by Gasteiger charge is -2.00. The zero-order valence-electron chi connectivity index (χ0n) is 6.24. The SMILES string of the molecule is O=[SH](=O)O[CH]c1ccc(F)cc1Br. The number of hydrogen-bond acceptors (Lipinski definition) is 3. The van der Waals surface area contributed by atoms with Crippen LogP contribution in [0.5, 0.6) is 0 Å². The fourth-order valence-electron chi connectivity index (χ4n) is 0.697. The van der Waals surface area contributed by atoms with Crippen LogP contribution in [0.25, 0.3) is 0 Å². The topological polar surface area (TPSA) is 43.4 Å². The molecule has 0 aliphatic heterocycles. The second-order valence-electron chi connectivity index (χ2n) is 2.11. The molecule has 1 rings (SSSR count). The highest BCUT2D eigenvalue weighted by Crippen LogP contribution is 2.19. The second kappa shape index (κ2) is 4.69. The van der Waals surface area contributed by atoms with Crippen LogP contribution in [0.15, 0.2) is 22.7 Å². The molecule has 0 atom stereocenters. The van der Waals surface area contributed by atoms with Gasteiger partial charge in [0, 0.05) is 4.47 Å². The van der Waals surface area contributed by atoms with Crippen LogP contribution < -0.4 is 0 Å². The minimum Gasteiger partial charge on any atom is -0.261 e. The minimum absolute atomic E-state index is 0.407. The molecule has 0 saturated heterocycles. The standard InChI is InChI=1S/C7H5BrFO3S/c8-7-3-6(9)2-1-5(7)4-12-13(10)11/h1-4,13H. The molecule has 0 aliphatic rings. The molecule has 1 aromatic rings. The molecule has 6 heteroatoms. The first-order valence-electron chi connectivity index (χ1n) is 3.19. The van der Waals surface area contributed by atoms with Gasteiger partial charge in [-0.1, -0.05) is 22.0 Å². The van der Waals surface area contributed by atoms with Gasteiger partial charge in [-0.2, -0.15) is 0 Å². The lowest BCUT2D eigenvalue weighted by atomic mass is 10.2. The van der Waals surface area contributed by atoms with Crippen LogP contribution in [0.4, 0.5) is 4.39 Å². The van der Waals surface area contributed by atoms with Gasteiger partial charge in [0.05, 0.1) is 0 Å². The quantitative estimate of drug-likeness (QED) is 0.847. The summed E-state index contributed by atoms with van der Waals surface area (Å²) in [5, 5.41) is 0. The molecule has 3 nitrogen and oxygen atoms in total. The molecule has 0 saturated carbocycles. The molecule has 1 radical (unpaired) electrons. The van der Waals surface area contributed by atoms with Crippen molar-refractivity contribution in [1.29, 1.82) is 0 Å². The molecule has 71 valence electrons. The van der Waals surface area contributed by atoms with Gasteiger partial charge in [-0.05, 0) is 17.7 Å². The molecule has 0 heterocycles. The van der Waals surface area contributed by atoms with E-state index < -0.39 is 16.8 Å². The molecule has 13 heavy (non-hydrogen) atoms. The van der Waals surface area contributed by atoms with Gasteiger partial charge in [0.15, 0.2) is 0 Å². The Balaban J connectivity index is 2.77. The first-order valence-corrected chi connectivity index (χ1v) is 5.08. The van der Waals surface area contributed by atoms with Crippen molar-refractivity contribution < 1.29 is 17.0 Å². The molecular weight excluding hydrogens is 263 g/mol. The predicted octanol–water partition coefficient (Wildman–Crippen LogP) is 1.64. The average molecular weight is 268 g/mol. The fraction of sp³-hybridized carbons (Fsp3) is 0.